The second kappa shape index (κ2) is 9.45. The molecule has 1 N–H and O–H groups in total. The van der Waals surface area contributed by atoms with Gasteiger partial charge in [0.15, 0.2) is 0 Å². The lowest BCUT2D eigenvalue weighted by Gasteiger charge is -2.05. The van der Waals surface area contributed by atoms with Gasteiger partial charge in [0, 0.05) is 26.4 Å². The van der Waals surface area contributed by atoms with Crippen LogP contribution in [0.15, 0.2) is 23.4 Å². The summed E-state index contributed by atoms with van der Waals surface area (Å²) in [7, 11) is 1.71. The number of hydrogen-bond donors (Lipinski definition) is 1. The first-order chi connectivity index (χ1) is 8.36. The fraction of sp³-hybridized carbons (Fsp3) is 0.615. The highest BCUT2D eigenvalue weighted by Gasteiger charge is 1.97. The van der Waals surface area contributed by atoms with Crippen molar-refractivity contribution in [2.75, 3.05) is 26.0 Å². The summed E-state index contributed by atoms with van der Waals surface area (Å²) < 4.78 is 4.97. The summed E-state index contributed by atoms with van der Waals surface area (Å²) in [4.78, 5) is 4.44. The first-order valence-corrected chi connectivity index (χ1v) is 7.12. The normalized spacial score (nSPS) is 10.7. The smallest absolute Gasteiger partial charge is 0.0960 e. The largest absolute Gasteiger partial charge is 0.383 e. The zero-order valence-corrected chi connectivity index (χ0v) is 11.6. The van der Waals surface area contributed by atoms with Crippen LogP contribution in [-0.2, 0) is 11.3 Å². The van der Waals surface area contributed by atoms with Gasteiger partial charge in [-0.2, -0.15) is 0 Å². The van der Waals surface area contributed by atoms with Gasteiger partial charge in [-0.15, -0.1) is 11.8 Å². The molecule has 0 radical (unpaired) electrons. The van der Waals surface area contributed by atoms with Gasteiger partial charge in [0.25, 0.3) is 0 Å². The van der Waals surface area contributed by atoms with Crippen LogP contribution in [0.3, 0.4) is 0 Å². The van der Waals surface area contributed by atoms with E-state index in [1.54, 1.807) is 7.11 Å². The summed E-state index contributed by atoms with van der Waals surface area (Å²) in [6, 6.07) is 4.24. The van der Waals surface area contributed by atoms with Crippen LogP contribution in [0, 0.1) is 0 Å². The molecular formula is C13H22N2OS. The summed E-state index contributed by atoms with van der Waals surface area (Å²) >= 11 is 1.83. The number of thioether (sulfide) groups is 1. The molecule has 0 saturated carbocycles. The van der Waals surface area contributed by atoms with E-state index < -0.39 is 0 Å². The molecule has 0 spiro atoms. The van der Waals surface area contributed by atoms with Gasteiger partial charge in [0.1, 0.15) is 0 Å². The molecule has 1 aromatic heterocycles. The number of rotatable bonds is 9. The van der Waals surface area contributed by atoms with E-state index >= 15 is 0 Å². The lowest BCUT2D eigenvalue weighted by molar-refractivity contribution is 0.199. The highest BCUT2D eigenvalue weighted by molar-refractivity contribution is 7.99. The highest BCUT2D eigenvalue weighted by Crippen LogP contribution is 2.16. The van der Waals surface area contributed by atoms with Crippen molar-refractivity contribution < 1.29 is 4.74 Å². The molecule has 0 saturated heterocycles. The lowest BCUT2D eigenvalue weighted by Crippen LogP contribution is -2.18. The first kappa shape index (κ1) is 14.5. The molecule has 0 fully saturated rings. The monoisotopic (exact) mass is 254 g/mol. The Bertz CT molecular complexity index is 290. The van der Waals surface area contributed by atoms with Crippen LogP contribution >= 0.6 is 11.8 Å². The SMILES string of the molecule is CCCCSc1ccc(CNCCOC)cn1. The number of pyridine rings is 1. The van der Waals surface area contributed by atoms with Crippen molar-refractivity contribution in [3.05, 3.63) is 23.9 Å². The van der Waals surface area contributed by atoms with Crippen molar-refractivity contribution in [2.45, 2.75) is 31.3 Å². The van der Waals surface area contributed by atoms with E-state index in [1.807, 2.05) is 18.0 Å². The van der Waals surface area contributed by atoms with Crippen molar-refractivity contribution in [3.63, 3.8) is 0 Å². The average Bonchev–Trinajstić information content (AvgIpc) is 2.37. The van der Waals surface area contributed by atoms with Crippen LogP contribution in [0.5, 0.6) is 0 Å². The predicted molar refractivity (Wildman–Crippen MR) is 73.5 cm³/mol. The summed E-state index contributed by atoms with van der Waals surface area (Å²) in [6.07, 6.45) is 4.45. The fourth-order valence-corrected chi connectivity index (χ4v) is 2.26. The minimum atomic E-state index is 0.748. The van der Waals surface area contributed by atoms with Gasteiger partial charge < -0.3 is 10.1 Å². The number of ether oxygens (including phenoxy) is 1. The summed E-state index contributed by atoms with van der Waals surface area (Å²) in [5.74, 6) is 1.16. The zero-order chi connectivity index (χ0) is 12.3. The predicted octanol–water partition coefficient (Wildman–Crippen LogP) is 2.71. The van der Waals surface area contributed by atoms with Crippen molar-refractivity contribution in [1.29, 1.82) is 0 Å². The third-order valence-corrected chi connectivity index (χ3v) is 3.39. The van der Waals surface area contributed by atoms with E-state index in [2.05, 4.69) is 29.4 Å². The van der Waals surface area contributed by atoms with E-state index in [4.69, 9.17) is 4.74 Å². The second-order valence-electron chi connectivity index (χ2n) is 3.88. The molecule has 3 nitrogen and oxygen atoms in total. The van der Waals surface area contributed by atoms with E-state index in [1.165, 1.54) is 18.4 Å². The molecule has 0 aliphatic rings. The topological polar surface area (TPSA) is 34.1 Å². The van der Waals surface area contributed by atoms with Crippen LogP contribution in [0.25, 0.3) is 0 Å². The summed E-state index contributed by atoms with van der Waals surface area (Å²) in [5.41, 5.74) is 1.22. The van der Waals surface area contributed by atoms with Crippen LogP contribution < -0.4 is 5.32 Å². The van der Waals surface area contributed by atoms with Crippen molar-refractivity contribution in [1.82, 2.24) is 10.3 Å². The standard InChI is InChI=1S/C13H22N2OS/c1-3-4-9-17-13-6-5-12(11-15-13)10-14-7-8-16-2/h5-6,11,14H,3-4,7-10H2,1-2H3. The maximum absolute atomic E-state index is 4.97. The Kier molecular flexibility index (Phi) is 8.05. The number of methoxy groups -OCH3 is 1. The molecule has 0 aromatic carbocycles. The van der Waals surface area contributed by atoms with Crippen LogP contribution in [0.2, 0.25) is 0 Å². The fourth-order valence-electron chi connectivity index (χ4n) is 1.33. The van der Waals surface area contributed by atoms with Gasteiger partial charge in [0.05, 0.1) is 11.6 Å². The van der Waals surface area contributed by atoms with Crippen molar-refractivity contribution in [2.24, 2.45) is 0 Å². The quantitative estimate of drug-likeness (QED) is 0.543. The average molecular weight is 254 g/mol. The summed E-state index contributed by atoms with van der Waals surface area (Å²) in [6.45, 7) is 4.70. The third kappa shape index (κ3) is 6.66. The van der Waals surface area contributed by atoms with Gasteiger partial charge >= 0.3 is 0 Å². The lowest BCUT2D eigenvalue weighted by atomic mass is 10.3. The molecule has 17 heavy (non-hydrogen) atoms. The molecule has 0 atom stereocenters. The second-order valence-corrected chi connectivity index (χ2v) is 4.99. The Morgan fingerprint density at radius 3 is 2.94 bits per heavy atom. The molecule has 0 aliphatic heterocycles. The minimum Gasteiger partial charge on any atom is -0.383 e. The van der Waals surface area contributed by atoms with E-state index in [0.29, 0.717) is 0 Å². The molecule has 4 heteroatoms. The number of aromatic nitrogens is 1. The number of hydrogen-bond acceptors (Lipinski definition) is 4. The van der Waals surface area contributed by atoms with Crippen LogP contribution in [0.4, 0.5) is 0 Å². The maximum Gasteiger partial charge on any atom is 0.0960 e. The van der Waals surface area contributed by atoms with Crippen LogP contribution in [-0.4, -0.2) is 31.0 Å². The van der Waals surface area contributed by atoms with Gasteiger partial charge in [0.2, 0.25) is 0 Å². The molecule has 1 aromatic rings. The molecule has 0 bridgehead atoms. The number of nitrogens with zero attached hydrogens (tertiary/aromatic N) is 1. The molecule has 1 rings (SSSR count). The van der Waals surface area contributed by atoms with Crippen LogP contribution in [0.1, 0.15) is 25.3 Å². The van der Waals surface area contributed by atoms with Crippen molar-refractivity contribution >= 4 is 11.8 Å². The van der Waals surface area contributed by atoms with Gasteiger partial charge in [-0.1, -0.05) is 19.4 Å². The molecule has 96 valence electrons. The summed E-state index contributed by atoms with van der Waals surface area (Å²) in [5, 5.41) is 4.43. The third-order valence-electron chi connectivity index (χ3n) is 2.36. The highest BCUT2D eigenvalue weighted by atomic mass is 32.2. The minimum absolute atomic E-state index is 0.748. The molecule has 0 amide bonds. The number of unbranched alkanes of at least 4 members (excludes halogenated alkanes) is 1. The Morgan fingerprint density at radius 1 is 1.41 bits per heavy atom. The first-order valence-electron chi connectivity index (χ1n) is 6.14. The Morgan fingerprint density at radius 2 is 2.29 bits per heavy atom. The van der Waals surface area contributed by atoms with Crippen molar-refractivity contribution in [3.8, 4) is 0 Å². The van der Waals surface area contributed by atoms with Gasteiger partial charge in [-0.3, -0.25) is 0 Å². The molecule has 1 heterocycles. The number of nitrogens with one attached hydrogen (secondary N) is 1. The molecule has 0 aliphatic carbocycles. The molecular weight excluding hydrogens is 232 g/mol. The molecule has 0 unspecified atom stereocenters. The van der Waals surface area contributed by atoms with Gasteiger partial charge in [-0.05, 0) is 23.8 Å². The van der Waals surface area contributed by atoms with Gasteiger partial charge in [-0.25, -0.2) is 4.98 Å². The Balaban J connectivity index is 2.24. The van der Waals surface area contributed by atoms with E-state index in [9.17, 15) is 0 Å². The Hall–Kier alpha value is -0.580. The van der Waals surface area contributed by atoms with E-state index in [-0.39, 0.29) is 0 Å². The maximum atomic E-state index is 4.97. The van der Waals surface area contributed by atoms with E-state index in [0.717, 1.165) is 30.5 Å². The Labute approximate surface area is 108 Å². The zero-order valence-electron chi connectivity index (χ0n) is 10.7.